The Bertz CT molecular complexity index is 1050. The third-order valence-corrected chi connectivity index (χ3v) is 3.92. The van der Waals surface area contributed by atoms with Crippen molar-refractivity contribution in [1.82, 2.24) is 9.97 Å². The number of benzene rings is 1. The number of hydrogen-bond donors (Lipinski definition) is 1. The lowest BCUT2D eigenvalue weighted by atomic mass is 10.1. The van der Waals surface area contributed by atoms with Crippen LogP contribution in [0.25, 0.3) is 11.1 Å². The number of oxazole rings is 1. The Hall–Kier alpha value is -3.27. The number of amides is 1. The van der Waals surface area contributed by atoms with Crippen LogP contribution in [0.4, 0.5) is 23.7 Å². The van der Waals surface area contributed by atoms with E-state index in [4.69, 9.17) is 25.5 Å². The summed E-state index contributed by atoms with van der Waals surface area (Å²) in [7, 11) is 0. The van der Waals surface area contributed by atoms with Gasteiger partial charge in [0.15, 0.2) is 12.5 Å². The molecule has 1 N–H and O–H groups in total. The van der Waals surface area contributed by atoms with Crippen LogP contribution >= 0.6 is 11.6 Å². The van der Waals surface area contributed by atoms with Crippen molar-refractivity contribution in [3.8, 4) is 23.0 Å². The maximum Gasteiger partial charge on any atom is 0.422 e. The zero-order chi connectivity index (χ0) is 21.9. The molecule has 0 saturated heterocycles. The molecule has 158 valence electrons. The number of pyridine rings is 1. The summed E-state index contributed by atoms with van der Waals surface area (Å²) in [6.45, 7) is 1.69. The van der Waals surface area contributed by atoms with E-state index in [1.54, 1.807) is 38.1 Å². The maximum absolute atomic E-state index is 12.6. The van der Waals surface area contributed by atoms with Crippen LogP contribution in [0.15, 0.2) is 40.9 Å². The first kappa shape index (κ1) is 21.4. The first-order chi connectivity index (χ1) is 14.1. The fraction of sp³-hybridized carbons (Fsp3) is 0.211. The highest BCUT2D eigenvalue weighted by molar-refractivity contribution is 6.30. The van der Waals surface area contributed by atoms with Crippen molar-refractivity contribution < 1.29 is 31.9 Å². The fourth-order valence-electron chi connectivity index (χ4n) is 2.46. The molecule has 3 aromatic rings. The molecule has 11 heteroatoms. The third-order valence-electron chi connectivity index (χ3n) is 3.67. The number of carbonyl (C=O) groups excluding carboxylic acids is 1. The average Bonchev–Trinajstić information content (AvgIpc) is 2.97. The van der Waals surface area contributed by atoms with Gasteiger partial charge in [-0.1, -0.05) is 23.7 Å². The summed E-state index contributed by atoms with van der Waals surface area (Å²) in [5, 5.41) is 2.88. The molecule has 0 saturated carbocycles. The number of halogens is 4. The summed E-state index contributed by atoms with van der Waals surface area (Å²) in [6.07, 6.45) is -4.28. The number of carbonyl (C=O) groups is 1. The Morgan fingerprint density at radius 1 is 1.23 bits per heavy atom. The standard InChI is InChI=1S/C19H15ClF3N3O4/c1-10-17(29-11(2)25-10)30-18(27)26-14-7-15(12-3-5-13(20)6-4-12)16(24-8-14)28-9-19(21,22)23/h3-8H,9H2,1-2H3,(H,26,27). The average molecular weight is 442 g/mol. The van der Waals surface area contributed by atoms with E-state index in [1.807, 2.05) is 0 Å². The van der Waals surface area contributed by atoms with Gasteiger partial charge in [0.1, 0.15) is 5.69 Å². The van der Waals surface area contributed by atoms with Crippen LogP contribution in [0.5, 0.6) is 11.8 Å². The lowest BCUT2D eigenvalue weighted by molar-refractivity contribution is -0.154. The van der Waals surface area contributed by atoms with E-state index in [0.717, 1.165) is 6.20 Å². The highest BCUT2D eigenvalue weighted by Gasteiger charge is 2.29. The smallest absolute Gasteiger partial charge is 0.422 e. The molecule has 7 nitrogen and oxygen atoms in total. The van der Waals surface area contributed by atoms with E-state index in [-0.39, 0.29) is 23.1 Å². The van der Waals surface area contributed by atoms with Crippen LogP contribution in [0, 0.1) is 13.8 Å². The highest BCUT2D eigenvalue weighted by atomic mass is 35.5. The number of hydrogen-bond acceptors (Lipinski definition) is 6. The van der Waals surface area contributed by atoms with E-state index in [9.17, 15) is 18.0 Å². The largest absolute Gasteiger partial charge is 0.468 e. The lowest BCUT2D eigenvalue weighted by Crippen LogP contribution is -2.20. The van der Waals surface area contributed by atoms with Crippen molar-refractivity contribution in [1.29, 1.82) is 0 Å². The molecule has 30 heavy (non-hydrogen) atoms. The number of alkyl halides is 3. The van der Waals surface area contributed by atoms with E-state index in [1.165, 1.54) is 6.07 Å². The molecular formula is C19H15ClF3N3O4. The molecule has 0 bridgehead atoms. The molecule has 0 spiro atoms. The number of aryl methyl sites for hydroxylation is 2. The van der Waals surface area contributed by atoms with Gasteiger partial charge in [-0.25, -0.2) is 14.8 Å². The molecule has 1 amide bonds. The van der Waals surface area contributed by atoms with Gasteiger partial charge in [-0.3, -0.25) is 5.32 Å². The molecule has 3 rings (SSSR count). The Labute approximate surface area is 173 Å². The lowest BCUT2D eigenvalue weighted by Gasteiger charge is -2.14. The minimum Gasteiger partial charge on any atom is -0.468 e. The van der Waals surface area contributed by atoms with E-state index in [2.05, 4.69) is 15.3 Å². The number of ether oxygens (including phenoxy) is 2. The van der Waals surface area contributed by atoms with Gasteiger partial charge in [0.25, 0.3) is 0 Å². The highest BCUT2D eigenvalue weighted by Crippen LogP contribution is 2.32. The topological polar surface area (TPSA) is 86.5 Å². The Kier molecular flexibility index (Phi) is 6.16. The van der Waals surface area contributed by atoms with Gasteiger partial charge in [-0.05, 0) is 30.7 Å². The van der Waals surface area contributed by atoms with Crippen LogP contribution in [-0.4, -0.2) is 28.8 Å². The number of nitrogens with zero attached hydrogens (tertiary/aromatic N) is 2. The van der Waals surface area contributed by atoms with Gasteiger partial charge >= 0.3 is 18.2 Å². The first-order valence-electron chi connectivity index (χ1n) is 8.49. The summed E-state index contributed by atoms with van der Waals surface area (Å²) >= 11 is 5.87. The van der Waals surface area contributed by atoms with E-state index >= 15 is 0 Å². The Morgan fingerprint density at radius 3 is 2.53 bits per heavy atom. The minimum atomic E-state index is -4.53. The van der Waals surface area contributed by atoms with Crippen molar-refractivity contribution in [2.45, 2.75) is 20.0 Å². The summed E-state index contributed by atoms with van der Waals surface area (Å²) in [5.41, 5.74) is 1.26. The SMILES string of the molecule is Cc1nc(C)c(OC(=O)Nc2cnc(OCC(F)(F)F)c(-c3ccc(Cl)cc3)c2)o1. The monoisotopic (exact) mass is 441 g/mol. The third kappa shape index (κ3) is 5.63. The van der Waals surface area contributed by atoms with Crippen molar-refractivity contribution in [3.05, 3.63) is 53.1 Å². The molecule has 0 atom stereocenters. The van der Waals surface area contributed by atoms with Crippen molar-refractivity contribution in [2.75, 3.05) is 11.9 Å². The van der Waals surface area contributed by atoms with Gasteiger partial charge in [0.2, 0.25) is 5.88 Å². The van der Waals surface area contributed by atoms with Crippen LogP contribution in [0.3, 0.4) is 0 Å². The predicted octanol–water partition coefficient (Wildman–Crippen LogP) is 5.56. The number of nitrogens with one attached hydrogen (secondary N) is 1. The number of rotatable bonds is 5. The van der Waals surface area contributed by atoms with Crippen molar-refractivity contribution >= 4 is 23.4 Å². The van der Waals surface area contributed by atoms with E-state index in [0.29, 0.717) is 22.2 Å². The molecule has 0 unspecified atom stereocenters. The molecule has 2 aromatic heterocycles. The molecule has 0 aliphatic rings. The van der Waals surface area contributed by atoms with Crippen LogP contribution in [0.1, 0.15) is 11.6 Å². The molecular weight excluding hydrogens is 427 g/mol. The summed E-state index contributed by atoms with van der Waals surface area (Å²) < 4.78 is 52.7. The van der Waals surface area contributed by atoms with Gasteiger partial charge < -0.3 is 13.9 Å². The normalized spacial score (nSPS) is 11.3. The molecule has 0 aliphatic carbocycles. The Morgan fingerprint density at radius 2 is 1.93 bits per heavy atom. The number of aromatic nitrogens is 2. The maximum atomic E-state index is 12.6. The zero-order valence-electron chi connectivity index (χ0n) is 15.7. The predicted molar refractivity (Wildman–Crippen MR) is 102 cm³/mol. The fourth-order valence-corrected chi connectivity index (χ4v) is 2.58. The van der Waals surface area contributed by atoms with Gasteiger partial charge in [-0.15, -0.1) is 0 Å². The molecule has 0 radical (unpaired) electrons. The zero-order valence-corrected chi connectivity index (χ0v) is 16.5. The van der Waals surface area contributed by atoms with Gasteiger partial charge in [0.05, 0.1) is 11.9 Å². The molecule has 0 fully saturated rings. The van der Waals surface area contributed by atoms with Crippen LogP contribution in [0.2, 0.25) is 5.02 Å². The second-order valence-electron chi connectivity index (χ2n) is 6.11. The van der Waals surface area contributed by atoms with Crippen LogP contribution < -0.4 is 14.8 Å². The molecule has 2 heterocycles. The Balaban J connectivity index is 1.84. The summed E-state index contributed by atoms with van der Waals surface area (Å²) in [4.78, 5) is 20.0. The van der Waals surface area contributed by atoms with Crippen molar-refractivity contribution in [2.24, 2.45) is 0 Å². The second-order valence-corrected chi connectivity index (χ2v) is 6.54. The second kappa shape index (κ2) is 8.62. The molecule has 1 aromatic carbocycles. The molecule has 0 aliphatic heterocycles. The summed E-state index contributed by atoms with van der Waals surface area (Å²) in [5.74, 6) is 0.00411. The first-order valence-corrected chi connectivity index (χ1v) is 8.87. The van der Waals surface area contributed by atoms with Crippen LogP contribution in [-0.2, 0) is 0 Å². The number of anilines is 1. The summed E-state index contributed by atoms with van der Waals surface area (Å²) in [6, 6.07) is 7.70. The minimum absolute atomic E-state index is 0.0685. The van der Waals surface area contributed by atoms with E-state index < -0.39 is 18.9 Å². The quantitative estimate of drug-likeness (QED) is 0.558. The van der Waals surface area contributed by atoms with Gasteiger partial charge in [-0.2, -0.15) is 13.2 Å². The van der Waals surface area contributed by atoms with Gasteiger partial charge in [0, 0.05) is 17.5 Å². The van der Waals surface area contributed by atoms with Crippen molar-refractivity contribution in [3.63, 3.8) is 0 Å².